The molecule has 5 nitrogen and oxygen atoms in total. The first kappa shape index (κ1) is 8.43. The van der Waals surface area contributed by atoms with Crippen LogP contribution in [0.2, 0.25) is 0 Å². The maximum absolute atomic E-state index is 10.8. The molecule has 0 unspecified atom stereocenters. The molecule has 0 saturated carbocycles. The van der Waals surface area contributed by atoms with Crippen LogP contribution in [0.25, 0.3) is 10.9 Å². The van der Waals surface area contributed by atoms with Gasteiger partial charge in [0.05, 0.1) is 0 Å². The normalized spacial score (nSPS) is 10.3. The largest absolute Gasteiger partial charge is 0.506 e. The number of amides is 1. The van der Waals surface area contributed by atoms with Crippen LogP contribution in [0.5, 0.6) is 5.75 Å². The number of fused-ring (bicyclic) bond motifs is 1. The highest BCUT2D eigenvalue weighted by molar-refractivity contribution is 5.92. The molecule has 1 aromatic heterocycles. The lowest BCUT2D eigenvalue weighted by molar-refractivity contribution is 0.0991. The summed E-state index contributed by atoms with van der Waals surface area (Å²) in [5, 5.41) is 10.1. The summed E-state index contributed by atoms with van der Waals surface area (Å²) in [5.74, 6) is -0.804. The number of carbonyl (C=O) groups is 1. The lowest BCUT2D eigenvalue weighted by Gasteiger charge is -2.00. The maximum Gasteiger partial charge on any atom is 0.286 e. The molecule has 70 valence electrons. The van der Waals surface area contributed by atoms with E-state index in [1.54, 1.807) is 12.1 Å². The van der Waals surface area contributed by atoms with Crippen LogP contribution in [0.15, 0.2) is 24.4 Å². The minimum atomic E-state index is -0.713. The van der Waals surface area contributed by atoms with Crippen molar-refractivity contribution < 1.29 is 9.90 Å². The molecular formula is C9H7N3O2. The maximum atomic E-state index is 10.8. The third kappa shape index (κ3) is 1.24. The van der Waals surface area contributed by atoms with Gasteiger partial charge in [0.1, 0.15) is 11.3 Å². The summed E-state index contributed by atoms with van der Waals surface area (Å²) in [6.07, 6.45) is 1.45. The van der Waals surface area contributed by atoms with E-state index in [1.807, 2.05) is 0 Å². The van der Waals surface area contributed by atoms with Crippen molar-refractivity contribution in [1.29, 1.82) is 0 Å². The third-order valence-electron chi connectivity index (χ3n) is 1.81. The minimum Gasteiger partial charge on any atom is -0.506 e. The van der Waals surface area contributed by atoms with Crippen LogP contribution in [0, 0.1) is 0 Å². The van der Waals surface area contributed by atoms with Crippen LogP contribution < -0.4 is 5.73 Å². The van der Waals surface area contributed by atoms with Crippen molar-refractivity contribution in [1.82, 2.24) is 9.97 Å². The van der Waals surface area contributed by atoms with Gasteiger partial charge in [0, 0.05) is 11.6 Å². The third-order valence-corrected chi connectivity index (χ3v) is 1.81. The predicted octanol–water partition coefficient (Wildman–Crippen LogP) is 0.434. The van der Waals surface area contributed by atoms with Crippen LogP contribution in [-0.4, -0.2) is 21.0 Å². The van der Waals surface area contributed by atoms with Gasteiger partial charge < -0.3 is 10.8 Å². The monoisotopic (exact) mass is 189 g/mol. The highest BCUT2D eigenvalue weighted by atomic mass is 16.3. The predicted molar refractivity (Wildman–Crippen MR) is 49.7 cm³/mol. The van der Waals surface area contributed by atoms with Crippen LogP contribution in [-0.2, 0) is 0 Å². The molecule has 2 aromatic rings. The molecule has 0 aliphatic heterocycles. The Morgan fingerprint density at radius 3 is 2.93 bits per heavy atom. The quantitative estimate of drug-likeness (QED) is 0.680. The second-order valence-corrected chi connectivity index (χ2v) is 2.77. The molecule has 1 aromatic carbocycles. The first-order valence-electron chi connectivity index (χ1n) is 3.93. The van der Waals surface area contributed by atoms with Crippen molar-refractivity contribution in [3.8, 4) is 5.75 Å². The summed E-state index contributed by atoms with van der Waals surface area (Å²) in [5.41, 5.74) is 5.34. The number of nitrogens with two attached hydrogens (primary N) is 1. The van der Waals surface area contributed by atoms with Crippen molar-refractivity contribution in [3.05, 3.63) is 30.2 Å². The number of hydrogen-bond donors (Lipinski definition) is 2. The summed E-state index contributed by atoms with van der Waals surface area (Å²) < 4.78 is 0. The molecule has 0 aliphatic carbocycles. The molecule has 14 heavy (non-hydrogen) atoms. The van der Waals surface area contributed by atoms with E-state index in [2.05, 4.69) is 9.97 Å². The van der Waals surface area contributed by atoms with E-state index in [-0.39, 0.29) is 11.6 Å². The molecule has 0 bridgehead atoms. The van der Waals surface area contributed by atoms with Crippen LogP contribution in [0.1, 0.15) is 10.6 Å². The molecule has 0 aliphatic rings. The summed E-state index contributed by atoms with van der Waals surface area (Å²) in [4.78, 5) is 18.4. The van der Waals surface area contributed by atoms with Gasteiger partial charge in [-0.25, -0.2) is 9.97 Å². The number of primary amides is 1. The number of aromatic hydroxyl groups is 1. The van der Waals surface area contributed by atoms with E-state index in [1.165, 1.54) is 12.3 Å². The van der Waals surface area contributed by atoms with E-state index in [4.69, 9.17) is 5.73 Å². The number of rotatable bonds is 1. The summed E-state index contributed by atoms with van der Waals surface area (Å²) in [6, 6.07) is 4.89. The van der Waals surface area contributed by atoms with E-state index in [9.17, 15) is 9.90 Å². The zero-order valence-corrected chi connectivity index (χ0v) is 7.14. The standard InChI is InChI=1S/C9H7N3O2/c10-8(14)9-11-4-5-2-1-3-6(13)7(5)12-9/h1-4,13H,(H2,10,14). The average molecular weight is 189 g/mol. The Morgan fingerprint density at radius 2 is 2.21 bits per heavy atom. The number of aromatic nitrogens is 2. The van der Waals surface area contributed by atoms with Gasteiger partial charge in [-0.3, -0.25) is 4.79 Å². The van der Waals surface area contributed by atoms with Crippen molar-refractivity contribution in [2.24, 2.45) is 5.73 Å². The van der Waals surface area contributed by atoms with Gasteiger partial charge in [-0.2, -0.15) is 0 Å². The number of carbonyl (C=O) groups excluding carboxylic acids is 1. The zero-order valence-electron chi connectivity index (χ0n) is 7.14. The Labute approximate surface area is 79.2 Å². The van der Waals surface area contributed by atoms with Gasteiger partial charge in [0.2, 0.25) is 5.82 Å². The molecule has 0 radical (unpaired) electrons. The van der Waals surface area contributed by atoms with Crippen LogP contribution >= 0.6 is 0 Å². The van der Waals surface area contributed by atoms with Crippen molar-refractivity contribution in [3.63, 3.8) is 0 Å². The Balaban J connectivity index is 2.76. The molecule has 1 amide bonds. The smallest absolute Gasteiger partial charge is 0.286 e. The van der Waals surface area contributed by atoms with Gasteiger partial charge in [-0.05, 0) is 6.07 Å². The fourth-order valence-corrected chi connectivity index (χ4v) is 1.16. The molecule has 0 saturated heterocycles. The van der Waals surface area contributed by atoms with Gasteiger partial charge in [0.25, 0.3) is 5.91 Å². The lowest BCUT2D eigenvalue weighted by Crippen LogP contribution is -2.14. The Kier molecular flexibility index (Phi) is 1.78. The topological polar surface area (TPSA) is 89.1 Å². The Hall–Kier alpha value is -2.17. The van der Waals surface area contributed by atoms with Crippen molar-refractivity contribution in [2.75, 3.05) is 0 Å². The number of hydrogen-bond acceptors (Lipinski definition) is 4. The van der Waals surface area contributed by atoms with Gasteiger partial charge in [-0.1, -0.05) is 12.1 Å². The number of nitrogens with zero attached hydrogens (tertiary/aromatic N) is 2. The van der Waals surface area contributed by atoms with Crippen molar-refractivity contribution in [2.45, 2.75) is 0 Å². The minimum absolute atomic E-state index is 0.00685. The highest BCUT2D eigenvalue weighted by Gasteiger charge is 2.07. The number of phenols is 1. The van der Waals surface area contributed by atoms with E-state index < -0.39 is 5.91 Å². The van der Waals surface area contributed by atoms with E-state index in [0.29, 0.717) is 10.9 Å². The zero-order chi connectivity index (χ0) is 10.1. The van der Waals surface area contributed by atoms with Gasteiger partial charge in [0.15, 0.2) is 0 Å². The first-order valence-corrected chi connectivity index (χ1v) is 3.93. The summed E-state index contributed by atoms with van der Waals surface area (Å²) in [7, 11) is 0. The summed E-state index contributed by atoms with van der Waals surface area (Å²) in [6.45, 7) is 0. The molecule has 5 heteroatoms. The molecular weight excluding hydrogens is 182 g/mol. The highest BCUT2D eigenvalue weighted by Crippen LogP contribution is 2.20. The SMILES string of the molecule is NC(=O)c1ncc2cccc(O)c2n1. The van der Waals surface area contributed by atoms with Crippen LogP contribution in [0.4, 0.5) is 0 Å². The van der Waals surface area contributed by atoms with E-state index in [0.717, 1.165) is 0 Å². The molecule has 0 fully saturated rings. The van der Waals surface area contributed by atoms with E-state index >= 15 is 0 Å². The number of phenolic OH excluding ortho intramolecular Hbond substituents is 1. The van der Waals surface area contributed by atoms with Gasteiger partial charge >= 0.3 is 0 Å². The average Bonchev–Trinajstić information content (AvgIpc) is 2.18. The summed E-state index contributed by atoms with van der Waals surface area (Å²) >= 11 is 0. The van der Waals surface area contributed by atoms with Crippen molar-refractivity contribution >= 4 is 16.8 Å². The lowest BCUT2D eigenvalue weighted by atomic mass is 10.2. The first-order chi connectivity index (χ1) is 6.68. The van der Waals surface area contributed by atoms with Gasteiger partial charge in [-0.15, -0.1) is 0 Å². The molecule has 1 heterocycles. The fourth-order valence-electron chi connectivity index (χ4n) is 1.16. The Morgan fingerprint density at radius 1 is 1.43 bits per heavy atom. The molecule has 0 spiro atoms. The van der Waals surface area contributed by atoms with Crippen LogP contribution in [0.3, 0.4) is 0 Å². The second-order valence-electron chi connectivity index (χ2n) is 2.77. The molecule has 3 N–H and O–H groups in total. The number of para-hydroxylation sites is 1. The fraction of sp³-hybridized carbons (Fsp3) is 0. The molecule has 2 rings (SSSR count). The Bertz CT molecular complexity index is 510. The molecule has 0 atom stereocenters. The second kappa shape index (κ2) is 2.95. The number of benzene rings is 1.